The number of thioether (sulfide) groups is 1. The predicted molar refractivity (Wildman–Crippen MR) is 106 cm³/mol. The van der Waals surface area contributed by atoms with E-state index in [1.165, 1.54) is 16.7 Å². The highest BCUT2D eigenvalue weighted by molar-refractivity contribution is 9.10. The van der Waals surface area contributed by atoms with Crippen molar-refractivity contribution in [1.82, 2.24) is 9.80 Å². The Hall–Kier alpha value is -1.22. The number of ether oxygens (including phenoxy) is 1. The van der Waals surface area contributed by atoms with Crippen molar-refractivity contribution in [2.24, 2.45) is 0 Å². The molecule has 2 aliphatic heterocycles. The molecular formula is C17H17BrN2O3S2. The Morgan fingerprint density at radius 2 is 2.12 bits per heavy atom. The van der Waals surface area contributed by atoms with E-state index in [2.05, 4.69) is 15.9 Å². The molecule has 0 spiro atoms. The van der Waals surface area contributed by atoms with Crippen LogP contribution in [0.2, 0.25) is 0 Å². The normalized spacial score (nSPS) is 19.8. The first-order valence-corrected chi connectivity index (χ1v) is 9.93. The second kappa shape index (κ2) is 8.44. The third-order valence-electron chi connectivity index (χ3n) is 3.93. The van der Waals surface area contributed by atoms with Crippen LogP contribution in [-0.4, -0.2) is 58.8 Å². The fourth-order valence-corrected chi connectivity index (χ4v) is 4.34. The van der Waals surface area contributed by atoms with Crippen LogP contribution in [-0.2, 0) is 14.3 Å². The van der Waals surface area contributed by atoms with Gasteiger partial charge in [0, 0.05) is 30.5 Å². The van der Waals surface area contributed by atoms with E-state index in [4.69, 9.17) is 17.0 Å². The van der Waals surface area contributed by atoms with Crippen molar-refractivity contribution in [2.45, 2.75) is 6.42 Å². The van der Waals surface area contributed by atoms with Crippen LogP contribution in [0.5, 0.6) is 0 Å². The van der Waals surface area contributed by atoms with Gasteiger partial charge in [0.2, 0.25) is 5.91 Å². The van der Waals surface area contributed by atoms with Crippen LogP contribution in [0, 0.1) is 0 Å². The number of thiocarbonyl (C=S) groups is 1. The van der Waals surface area contributed by atoms with Gasteiger partial charge >= 0.3 is 0 Å². The van der Waals surface area contributed by atoms with Crippen molar-refractivity contribution in [2.75, 3.05) is 32.8 Å². The van der Waals surface area contributed by atoms with E-state index in [0.29, 0.717) is 42.1 Å². The molecule has 2 heterocycles. The Balaban J connectivity index is 1.62. The van der Waals surface area contributed by atoms with Gasteiger partial charge in [-0.3, -0.25) is 14.5 Å². The topological polar surface area (TPSA) is 49.9 Å². The summed E-state index contributed by atoms with van der Waals surface area (Å²) in [5.41, 5.74) is 0.930. The van der Waals surface area contributed by atoms with Gasteiger partial charge in [0.05, 0.1) is 18.1 Å². The zero-order chi connectivity index (χ0) is 17.8. The average Bonchev–Trinajstić information content (AvgIpc) is 2.87. The molecule has 0 aliphatic carbocycles. The number of hydrogen-bond donors (Lipinski definition) is 0. The lowest BCUT2D eigenvalue weighted by molar-refractivity contribution is -0.135. The minimum atomic E-state index is -0.134. The molecule has 0 saturated carbocycles. The third kappa shape index (κ3) is 4.69. The quantitative estimate of drug-likeness (QED) is 0.532. The van der Waals surface area contributed by atoms with Crippen LogP contribution in [0.3, 0.4) is 0 Å². The molecule has 2 saturated heterocycles. The van der Waals surface area contributed by atoms with Crippen LogP contribution in [0.4, 0.5) is 0 Å². The Morgan fingerprint density at radius 3 is 2.84 bits per heavy atom. The van der Waals surface area contributed by atoms with E-state index < -0.39 is 0 Å². The summed E-state index contributed by atoms with van der Waals surface area (Å²) in [5.74, 6) is -0.0990. The summed E-state index contributed by atoms with van der Waals surface area (Å²) in [6, 6.07) is 7.71. The van der Waals surface area contributed by atoms with E-state index in [0.717, 1.165) is 10.0 Å². The van der Waals surface area contributed by atoms with Gasteiger partial charge in [-0.05, 0) is 23.8 Å². The monoisotopic (exact) mass is 440 g/mol. The smallest absolute Gasteiger partial charge is 0.266 e. The SMILES string of the molecule is O=C(CCN1C(=O)C(=Cc2cccc(Br)c2)SC1=S)N1CCOCC1. The molecule has 2 fully saturated rings. The molecule has 25 heavy (non-hydrogen) atoms. The lowest BCUT2D eigenvalue weighted by Gasteiger charge is -2.27. The molecule has 0 radical (unpaired) electrons. The number of hydrogen-bond acceptors (Lipinski definition) is 5. The number of morpholine rings is 1. The van der Waals surface area contributed by atoms with Crippen molar-refractivity contribution in [3.8, 4) is 0 Å². The summed E-state index contributed by atoms with van der Waals surface area (Å²) in [5, 5.41) is 0. The van der Waals surface area contributed by atoms with E-state index in [9.17, 15) is 9.59 Å². The van der Waals surface area contributed by atoms with Gasteiger partial charge in [0.1, 0.15) is 4.32 Å². The van der Waals surface area contributed by atoms with Crippen LogP contribution >= 0.6 is 39.9 Å². The Labute approximate surface area is 164 Å². The zero-order valence-electron chi connectivity index (χ0n) is 13.4. The first-order valence-electron chi connectivity index (χ1n) is 7.91. The van der Waals surface area contributed by atoms with Gasteiger partial charge < -0.3 is 9.64 Å². The van der Waals surface area contributed by atoms with E-state index >= 15 is 0 Å². The molecule has 0 unspecified atom stereocenters. The Bertz CT molecular complexity index is 732. The maximum Gasteiger partial charge on any atom is 0.266 e. The molecule has 5 nitrogen and oxygen atoms in total. The van der Waals surface area contributed by atoms with Gasteiger partial charge in [-0.15, -0.1) is 0 Å². The molecule has 8 heteroatoms. The highest BCUT2D eigenvalue weighted by Gasteiger charge is 2.32. The predicted octanol–water partition coefficient (Wildman–Crippen LogP) is 2.90. The van der Waals surface area contributed by atoms with Gasteiger partial charge in [-0.25, -0.2) is 0 Å². The fourth-order valence-electron chi connectivity index (χ4n) is 2.62. The summed E-state index contributed by atoms with van der Waals surface area (Å²) in [6.07, 6.45) is 2.10. The first-order chi connectivity index (χ1) is 12.0. The fraction of sp³-hybridized carbons (Fsp3) is 0.353. The third-order valence-corrected chi connectivity index (χ3v) is 5.80. The van der Waals surface area contributed by atoms with Crippen molar-refractivity contribution >= 4 is 62.1 Å². The summed E-state index contributed by atoms with van der Waals surface area (Å²) in [4.78, 5) is 28.7. The minimum Gasteiger partial charge on any atom is -0.378 e. The second-order valence-corrected chi connectivity index (χ2v) is 8.22. The van der Waals surface area contributed by atoms with Crippen molar-refractivity contribution < 1.29 is 14.3 Å². The maximum atomic E-state index is 12.6. The highest BCUT2D eigenvalue weighted by atomic mass is 79.9. The molecule has 1 aromatic rings. The largest absolute Gasteiger partial charge is 0.378 e. The average molecular weight is 441 g/mol. The molecule has 0 N–H and O–H groups in total. The molecule has 3 rings (SSSR count). The minimum absolute atomic E-state index is 0.0355. The molecule has 0 atom stereocenters. The molecule has 2 amide bonds. The molecule has 2 aliphatic rings. The van der Waals surface area contributed by atoms with Gasteiger partial charge in [0.15, 0.2) is 0 Å². The Kier molecular flexibility index (Phi) is 6.27. The van der Waals surface area contributed by atoms with Gasteiger partial charge in [-0.2, -0.15) is 0 Å². The van der Waals surface area contributed by atoms with Crippen LogP contribution in [0.1, 0.15) is 12.0 Å². The number of nitrogens with zero attached hydrogens (tertiary/aromatic N) is 2. The van der Waals surface area contributed by atoms with Crippen LogP contribution in [0.15, 0.2) is 33.6 Å². The number of rotatable bonds is 4. The van der Waals surface area contributed by atoms with Gasteiger partial charge in [-0.1, -0.05) is 52.0 Å². The molecule has 1 aromatic carbocycles. The van der Waals surface area contributed by atoms with Crippen LogP contribution in [0.25, 0.3) is 6.08 Å². The summed E-state index contributed by atoms with van der Waals surface area (Å²) < 4.78 is 6.70. The highest BCUT2D eigenvalue weighted by Crippen LogP contribution is 2.33. The van der Waals surface area contributed by atoms with E-state index in [-0.39, 0.29) is 18.2 Å². The van der Waals surface area contributed by atoms with E-state index in [1.54, 1.807) is 4.90 Å². The Morgan fingerprint density at radius 1 is 1.36 bits per heavy atom. The summed E-state index contributed by atoms with van der Waals surface area (Å²) >= 11 is 10.0. The number of carbonyl (C=O) groups is 2. The van der Waals surface area contributed by atoms with Gasteiger partial charge in [0.25, 0.3) is 5.91 Å². The van der Waals surface area contributed by atoms with Crippen molar-refractivity contribution in [3.63, 3.8) is 0 Å². The summed E-state index contributed by atoms with van der Waals surface area (Å²) in [6.45, 7) is 2.68. The number of benzene rings is 1. The first kappa shape index (κ1) is 18.6. The number of carbonyl (C=O) groups excluding carboxylic acids is 2. The maximum absolute atomic E-state index is 12.6. The standard InChI is InChI=1S/C17H17BrN2O3S2/c18-13-3-1-2-12(10-13)11-14-16(22)20(17(24)25-14)5-4-15(21)19-6-8-23-9-7-19/h1-3,10-11H,4-9H2. The second-order valence-electron chi connectivity index (χ2n) is 5.63. The lowest BCUT2D eigenvalue weighted by atomic mass is 10.2. The van der Waals surface area contributed by atoms with Crippen LogP contribution < -0.4 is 0 Å². The number of amides is 2. The van der Waals surface area contributed by atoms with Crippen molar-refractivity contribution in [1.29, 1.82) is 0 Å². The van der Waals surface area contributed by atoms with E-state index in [1.807, 2.05) is 30.3 Å². The number of halogens is 1. The zero-order valence-corrected chi connectivity index (χ0v) is 16.7. The molecule has 132 valence electrons. The summed E-state index contributed by atoms with van der Waals surface area (Å²) in [7, 11) is 0. The van der Waals surface area contributed by atoms with Crippen molar-refractivity contribution in [3.05, 3.63) is 39.2 Å². The lowest BCUT2D eigenvalue weighted by Crippen LogP contribution is -2.42. The molecular weight excluding hydrogens is 424 g/mol. The molecule has 0 aromatic heterocycles. The molecule has 0 bridgehead atoms.